The SMILES string of the molecule is CCC(C)OOC(=O)c1cccc(C)c1C. The molecule has 1 unspecified atom stereocenters. The van der Waals surface area contributed by atoms with Gasteiger partial charge in [0.15, 0.2) is 0 Å². The Balaban J connectivity index is 2.70. The van der Waals surface area contributed by atoms with Gasteiger partial charge in [-0.05, 0) is 44.4 Å². The van der Waals surface area contributed by atoms with Crippen molar-refractivity contribution in [3.05, 3.63) is 34.9 Å². The van der Waals surface area contributed by atoms with Gasteiger partial charge in [0.1, 0.15) is 6.10 Å². The molecule has 0 spiro atoms. The van der Waals surface area contributed by atoms with Crippen LogP contribution in [0.1, 0.15) is 41.8 Å². The minimum absolute atomic E-state index is 0.0749. The Labute approximate surface area is 96.3 Å². The zero-order valence-corrected chi connectivity index (χ0v) is 10.2. The summed E-state index contributed by atoms with van der Waals surface area (Å²) in [5, 5.41) is 0. The lowest BCUT2D eigenvalue weighted by atomic mass is 10.0. The van der Waals surface area contributed by atoms with Crippen molar-refractivity contribution in [1.29, 1.82) is 0 Å². The van der Waals surface area contributed by atoms with Crippen LogP contribution in [0.5, 0.6) is 0 Å². The maximum atomic E-state index is 11.7. The third kappa shape index (κ3) is 3.07. The number of carbonyl (C=O) groups is 1. The molecule has 88 valence electrons. The number of hydrogen-bond donors (Lipinski definition) is 0. The highest BCUT2D eigenvalue weighted by atomic mass is 17.2. The highest BCUT2D eigenvalue weighted by Gasteiger charge is 2.13. The molecule has 1 rings (SSSR count). The van der Waals surface area contributed by atoms with Gasteiger partial charge in [0.05, 0.1) is 5.56 Å². The van der Waals surface area contributed by atoms with E-state index in [1.807, 2.05) is 39.8 Å². The molecule has 0 radical (unpaired) electrons. The average molecular weight is 222 g/mol. The lowest BCUT2D eigenvalue weighted by Gasteiger charge is -2.10. The van der Waals surface area contributed by atoms with Gasteiger partial charge in [-0.3, -0.25) is 4.89 Å². The van der Waals surface area contributed by atoms with Gasteiger partial charge in [-0.25, -0.2) is 4.79 Å². The predicted octanol–water partition coefficient (Wildman–Crippen LogP) is 3.19. The van der Waals surface area contributed by atoms with E-state index in [0.29, 0.717) is 5.56 Å². The van der Waals surface area contributed by atoms with Gasteiger partial charge in [-0.1, -0.05) is 19.1 Å². The van der Waals surface area contributed by atoms with Crippen LogP contribution in [0.2, 0.25) is 0 Å². The first-order valence-electron chi connectivity index (χ1n) is 5.50. The fraction of sp³-hybridized carbons (Fsp3) is 0.462. The lowest BCUT2D eigenvalue weighted by molar-refractivity contribution is -0.270. The molecule has 1 aromatic carbocycles. The Kier molecular flexibility index (Phi) is 4.50. The fourth-order valence-corrected chi connectivity index (χ4v) is 1.21. The molecule has 0 heterocycles. The molecule has 0 aliphatic heterocycles. The van der Waals surface area contributed by atoms with E-state index in [4.69, 9.17) is 9.78 Å². The minimum Gasteiger partial charge on any atom is -0.293 e. The summed E-state index contributed by atoms with van der Waals surface area (Å²) in [5.41, 5.74) is 2.56. The van der Waals surface area contributed by atoms with Crippen LogP contribution in [0.3, 0.4) is 0 Å². The van der Waals surface area contributed by atoms with Crippen molar-refractivity contribution < 1.29 is 14.6 Å². The standard InChI is InChI=1S/C13H18O3/c1-5-10(3)15-16-13(14)12-8-6-7-9(2)11(12)4/h6-8,10H,5H2,1-4H3. The molecule has 0 aliphatic carbocycles. The number of carbonyl (C=O) groups excluding carboxylic acids is 1. The molecule has 0 saturated heterocycles. The number of hydrogen-bond acceptors (Lipinski definition) is 3. The zero-order chi connectivity index (χ0) is 12.1. The topological polar surface area (TPSA) is 35.5 Å². The van der Waals surface area contributed by atoms with E-state index < -0.39 is 5.97 Å². The Bertz CT molecular complexity index is 371. The molecule has 0 aliphatic rings. The highest BCUT2D eigenvalue weighted by Crippen LogP contribution is 2.14. The van der Waals surface area contributed by atoms with E-state index in [1.54, 1.807) is 6.07 Å². The van der Waals surface area contributed by atoms with Crippen molar-refractivity contribution in [1.82, 2.24) is 0 Å². The molecular formula is C13H18O3. The molecule has 0 aromatic heterocycles. The van der Waals surface area contributed by atoms with Gasteiger partial charge >= 0.3 is 5.97 Å². The first-order chi connectivity index (χ1) is 7.56. The predicted molar refractivity (Wildman–Crippen MR) is 62.2 cm³/mol. The minimum atomic E-state index is -0.429. The average Bonchev–Trinajstić information content (AvgIpc) is 2.29. The van der Waals surface area contributed by atoms with Crippen molar-refractivity contribution in [2.45, 2.75) is 40.2 Å². The number of rotatable bonds is 4. The van der Waals surface area contributed by atoms with E-state index in [1.165, 1.54) is 0 Å². The van der Waals surface area contributed by atoms with Crippen molar-refractivity contribution in [2.75, 3.05) is 0 Å². The second kappa shape index (κ2) is 5.66. The summed E-state index contributed by atoms with van der Waals surface area (Å²) < 4.78 is 0. The van der Waals surface area contributed by atoms with Crippen molar-refractivity contribution in [3.63, 3.8) is 0 Å². The summed E-state index contributed by atoms with van der Waals surface area (Å²) >= 11 is 0. The summed E-state index contributed by atoms with van der Waals surface area (Å²) in [5.74, 6) is -0.429. The highest BCUT2D eigenvalue weighted by molar-refractivity contribution is 5.90. The molecule has 3 heteroatoms. The molecule has 16 heavy (non-hydrogen) atoms. The van der Waals surface area contributed by atoms with Gasteiger partial charge in [0.2, 0.25) is 0 Å². The summed E-state index contributed by atoms with van der Waals surface area (Å²) in [4.78, 5) is 21.4. The monoisotopic (exact) mass is 222 g/mol. The van der Waals surface area contributed by atoms with Crippen LogP contribution >= 0.6 is 0 Å². The van der Waals surface area contributed by atoms with E-state index in [-0.39, 0.29) is 6.10 Å². The summed E-state index contributed by atoms with van der Waals surface area (Å²) in [6.07, 6.45) is 0.731. The normalized spacial score (nSPS) is 12.2. The maximum Gasteiger partial charge on any atom is 0.373 e. The molecule has 0 amide bonds. The van der Waals surface area contributed by atoms with Crippen LogP contribution in [0.15, 0.2) is 18.2 Å². The second-order valence-electron chi connectivity index (χ2n) is 3.93. The molecule has 1 aromatic rings. The van der Waals surface area contributed by atoms with Crippen LogP contribution in [-0.4, -0.2) is 12.1 Å². The van der Waals surface area contributed by atoms with Gasteiger partial charge < -0.3 is 0 Å². The van der Waals surface area contributed by atoms with Crippen LogP contribution in [-0.2, 0) is 9.78 Å². The van der Waals surface area contributed by atoms with Crippen LogP contribution < -0.4 is 0 Å². The van der Waals surface area contributed by atoms with E-state index in [9.17, 15) is 4.79 Å². The van der Waals surface area contributed by atoms with Gasteiger partial charge in [-0.15, -0.1) is 0 Å². The van der Waals surface area contributed by atoms with Crippen LogP contribution in [0.25, 0.3) is 0 Å². The Hall–Kier alpha value is -1.35. The van der Waals surface area contributed by atoms with Crippen LogP contribution in [0.4, 0.5) is 0 Å². The van der Waals surface area contributed by atoms with Gasteiger partial charge in [0.25, 0.3) is 0 Å². The Morgan fingerprint density at radius 2 is 2.06 bits per heavy atom. The van der Waals surface area contributed by atoms with E-state index in [0.717, 1.165) is 17.5 Å². The quantitative estimate of drug-likeness (QED) is 0.579. The number of benzene rings is 1. The molecule has 3 nitrogen and oxygen atoms in total. The largest absolute Gasteiger partial charge is 0.373 e. The first kappa shape index (κ1) is 12.7. The van der Waals surface area contributed by atoms with Crippen molar-refractivity contribution >= 4 is 5.97 Å². The fourth-order valence-electron chi connectivity index (χ4n) is 1.21. The van der Waals surface area contributed by atoms with E-state index in [2.05, 4.69) is 0 Å². The summed E-state index contributed by atoms with van der Waals surface area (Å²) in [6, 6.07) is 5.54. The van der Waals surface area contributed by atoms with Crippen LogP contribution in [0, 0.1) is 13.8 Å². The Morgan fingerprint density at radius 3 is 2.69 bits per heavy atom. The Morgan fingerprint density at radius 1 is 1.38 bits per heavy atom. The van der Waals surface area contributed by atoms with E-state index >= 15 is 0 Å². The smallest absolute Gasteiger partial charge is 0.293 e. The van der Waals surface area contributed by atoms with Gasteiger partial charge in [0, 0.05) is 0 Å². The molecule has 0 bridgehead atoms. The zero-order valence-electron chi connectivity index (χ0n) is 10.2. The summed E-state index contributed by atoms with van der Waals surface area (Å²) in [6.45, 7) is 7.68. The molecule has 0 N–H and O–H groups in total. The van der Waals surface area contributed by atoms with Crippen molar-refractivity contribution in [2.24, 2.45) is 0 Å². The summed E-state index contributed by atoms with van der Waals surface area (Å²) in [7, 11) is 0. The second-order valence-corrected chi connectivity index (χ2v) is 3.93. The molecule has 0 fully saturated rings. The molecule has 1 atom stereocenters. The third-order valence-electron chi connectivity index (χ3n) is 2.69. The molecular weight excluding hydrogens is 204 g/mol. The maximum absolute atomic E-state index is 11.7. The first-order valence-corrected chi connectivity index (χ1v) is 5.50. The lowest BCUT2D eigenvalue weighted by Crippen LogP contribution is -2.13. The third-order valence-corrected chi connectivity index (χ3v) is 2.69. The molecule has 0 saturated carbocycles. The number of aryl methyl sites for hydroxylation is 1. The van der Waals surface area contributed by atoms with Crippen molar-refractivity contribution in [3.8, 4) is 0 Å². The van der Waals surface area contributed by atoms with Gasteiger partial charge in [-0.2, -0.15) is 4.89 Å².